The maximum atomic E-state index is 5.45. The van der Waals surface area contributed by atoms with Crippen LogP contribution in [0.5, 0.6) is 5.75 Å². The highest BCUT2D eigenvalue weighted by atomic mass is 16.5. The van der Waals surface area contributed by atoms with E-state index in [1.807, 2.05) is 18.2 Å². The molecule has 0 spiro atoms. The summed E-state index contributed by atoms with van der Waals surface area (Å²) in [5, 5.41) is 3.36. The van der Waals surface area contributed by atoms with E-state index in [9.17, 15) is 0 Å². The fraction of sp³-hybridized carbons (Fsp3) is 0.500. The molecular weight excluding hydrogens is 188 g/mol. The molecule has 0 unspecified atom stereocenters. The minimum absolute atomic E-state index is 0.499. The number of rotatable bonds is 6. The Bertz CT molecular complexity index is 287. The van der Waals surface area contributed by atoms with Gasteiger partial charge in [-0.3, -0.25) is 0 Å². The molecule has 1 rings (SSSR count). The van der Waals surface area contributed by atoms with Crippen LogP contribution in [0.4, 0.5) is 0 Å². The van der Waals surface area contributed by atoms with Crippen LogP contribution < -0.4 is 15.8 Å². The molecule has 1 aromatic rings. The summed E-state index contributed by atoms with van der Waals surface area (Å²) < 4.78 is 5.45. The van der Waals surface area contributed by atoms with Crippen molar-refractivity contribution in [3.63, 3.8) is 0 Å². The number of benzene rings is 1. The van der Waals surface area contributed by atoms with Crippen LogP contribution in [0.25, 0.3) is 0 Å². The molecule has 0 heterocycles. The van der Waals surface area contributed by atoms with Gasteiger partial charge in [0.05, 0.1) is 0 Å². The molecule has 15 heavy (non-hydrogen) atoms. The van der Waals surface area contributed by atoms with Crippen molar-refractivity contribution in [1.29, 1.82) is 0 Å². The molecule has 0 amide bonds. The lowest BCUT2D eigenvalue weighted by molar-refractivity contribution is 0.328. The molecule has 0 aliphatic rings. The van der Waals surface area contributed by atoms with E-state index in [1.54, 1.807) is 0 Å². The minimum Gasteiger partial charge on any atom is -0.492 e. The van der Waals surface area contributed by atoms with Crippen LogP contribution >= 0.6 is 0 Å². The lowest BCUT2D eigenvalue weighted by Crippen LogP contribution is -2.21. The van der Waals surface area contributed by atoms with Crippen molar-refractivity contribution in [1.82, 2.24) is 5.32 Å². The van der Waals surface area contributed by atoms with Gasteiger partial charge in [0.15, 0.2) is 0 Å². The van der Waals surface area contributed by atoms with E-state index in [2.05, 4.69) is 25.2 Å². The Hall–Kier alpha value is -1.06. The van der Waals surface area contributed by atoms with E-state index in [0.29, 0.717) is 19.2 Å². The third-order valence-electron chi connectivity index (χ3n) is 2.00. The topological polar surface area (TPSA) is 47.3 Å². The summed E-state index contributed by atoms with van der Waals surface area (Å²) in [5.41, 5.74) is 6.61. The Morgan fingerprint density at radius 1 is 1.40 bits per heavy atom. The molecule has 84 valence electrons. The maximum Gasteiger partial charge on any atom is 0.119 e. The van der Waals surface area contributed by atoms with E-state index in [-0.39, 0.29) is 0 Å². The Balaban J connectivity index is 2.50. The zero-order chi connectivity index (χ0) is 11.1. The molecule has 3 nitrogen and oxygen atoms in total. The van der Waals surface area contributed by atoms with Crippen LogP contribution in [0.1, 0.15) is 19.4 Å². The van der Waals surface area contributed by atoms with Gasteiger partial charge in [-0.25, -0.2) is 0 Å². The molecule has 0 fully saturated rings. The predicted octanol–water partition coefficient (Wildman–Crippen LogP) is 1.52. The normalized spacial score (nSPS) is 10.7. The predicted molar refractivity (Wildman–Crippen MR) is 63.0 cm³/mol. The molecule has 0 bridgehead atoms. The second kappa shape index (κ2) is 6.43. The van der Waals surface area contributed by atoms with Crippen molar-refractivity contribution in [3.8, 4) is 5.75 Å². The first kappa shape index (κ1) is 12.0. The van der Waals surface area contributed by atoms with Crippen LogP contribution in [0.2, 0.25) is 0 Å². The van der Waals surface area contributed by atoms with Crippen molar-refractivity contribution < 1.29 is 4.74 Å². The maximum absolute atomic E-state index is 5.45. The van der Waals surface area contributed by atoms with Crippen molar-refractivity contribution in [2.24, 2.45) is 5.73 Å². The first-order chi connectivity index (χ1) is 7.22. The van der Waals surface area contributed by atoms with E-state index in [4.69, 9.17) is 10.5 Å². The highest BCUT2D eigenvalue weighted by molar-refractivity contribution is 5.28. The van der Waals surface area contributed by atoms with E-state index >= 15 is 0 Å². The summed E-state index contributed by atoms with van der Waals surface area (Å²) in [6.07, 6.45) is 0. The molecule has 1 aromatic carbocycles. The monoisotopic (exact) mass is 208 g/mol. The first-order valence-electron chi connectivity index (χ1n) is 5.37. The molecule has 0 atom stereocenters. The molecular formula is C12H20N2O. The Morgan fingerprint density at radius 3 is 2.87 bits per heavy atom. The summed E-state index contributed by atoms with van der Waals surface area (Å²) >= 11 is 0. The molecule has 0 saturated heterocycles. The molecule has 0 saturated carbocycles. The van der Waals surface area contributed by atoms with Gasteiger partial charge < -0.3 is 15.8 Å². The Kier molecular flexibility index (Phi) is 5.15. The van der Waals surface area contributed by atoms with Crippen LogP contribution in [0.15, 0.2) is 24.3 Å². The van der Waals surface area contributed by atoms with Gasteiger partial charge in [0.2, 0.25) is 0 Å². The second-order valence-electron chi connectivity index (χ2n) is 3.82. The van der Waals surface area contributed by atoms with E-state index in [1.165, 1.54) is 5.56 Å². The van der Waals surface area contributed by atoms with Gasteiger partial charge >= 0.3 is 0 Å². The van der Waals surface area contributed by atoms with Gasteiger partial charge in [0.1, 0.15) is 12.4 Å². The standard InChI is InChI=1S/C12H20N2O/c1-10(2)14-9-11-4-3-5-12(8-11)15-7-6-13/h3-5,8,10,14H,6-7,9,13H2,1-2H3. The summed E-state index contributed by atoms with van der Waals surface area (Å²) in [4.78, 5) is 0. The van der Waals surface area contributed by atoms with E-state index < -0.39 is 0 Å². The molecule has 3 N–H and O–H groups in total. The fourth-order valence-corrected chi connectivity index (χ4v) is 1.24. The Morgan fingerprint density at radius 2 is 2.20 bits per heavy atom. The van der Waals surface area contributed by atoms with Gasteiger partial charge in [-0.1, -0.05) is 26.0 Å². The zero-order valence-electron chi connectivity index (χ0n) is 9.49. The summed E-state index contributed by atoms with van der Waals surface area (Å²) in [6, 6.07) is 8.59. The van der Waals surface area contributed by atoms with Gasteiger partial charge in [-0.15, -0.1) is 0 Å². The average molecular weight is 208 g/mol. The van der Waals surface area contributed by atoms with Gasteiger partial charge in [-0.05, 0) is 17.7 Å². The molecule has 0 aliphatic heterocycles. The SMILES string of the molecule is CC(C)NCc1cccc(OCCN)c1. The second-order valence-corrected chi connectivity index (χ2v) is 3.82. The third-order valence-corrected chi connectivity index (χ3v) is 2.00. The number of ether oxygens (including phenoxy) is 1. The van der Waals surface area contributed by atoms with Crippen molar-refractivity contribution in [3.05, 3.63) is 29.8 Å². The largest absolute Gasteiger partial charge is 0.492 e. The highest BCUT2D eigenvalue weighted by Crippen LogP contribution is 2.12. The van der Waals surface area contributed by atoms with Crippen LogP contribution in [-0.2, 0) is 6.54 Å². The number of hydrogen-bond acceptors (Lipinski definition) is 3. The smallest absolute Gasteiger partial charge is 0.119 e. The average Bonchev–Trinajstić information content (AvgIpc) is 2.24. The molecule has 0 radical (unpaired) electrons. The fourth-order valence-electron chi connectivity index (χ4n) is 1.24. The number of hydrogen-bond donors (Lipinski definition) is 2. The molecule has 0 aromatic heterocycles. The Labute approximate surface area is 91.6 Å². The quantitative estimate of drug-likeness (QED) is 0.745. The first-order valence-corrected chi connectivity index (χ1v) is 5.37. The summed E-state index contributed by atoms with van der Waals surface area (Å²) in [6.45, 7) is 6.26. The van der Waals surface area contributed by atoms with Crippen LogP contribution in [0.3, 0.4) is 0 Å². The lowest BCUT2D eigenvalue weighted by atomic mass is 10.2. The molecule has 0 aliphatic carbocycles. The minimum atomic E-state index is 0.499. The zero-order valence-corrected chi connectivity index (χ0v) is 9.49. The van der Waals surface area contributed by atoms with Gasteiger partial charge in [0, 0.05) is 19.1 Å². The van der Waals surface area contributed by atoms with Crippen molar-refractivity contribution >= 4 is 0 Å². The van der Waals surface area contributed by atoms with Crippen molar-refractivity contribution in [2.75, 3.05) is 13.2 Å². The summed E-state index contributed by atoms with van der Waals surface area (Å²) in [7, 11) is 0. The van der Waals surface area contributed by atoms with Crippen LogP contribution in [-0.4, -0.2) is 19.2 Å². The summed E-state index contributed by atoms with van der Waals surface area (Å²) in [5.74, 6) is 0.892. The van der Waals surface area contributed by atoms with Crippen LogP contribution in [0, 0.1) is 0 Å². The number of nitrogens with two attached hydrogens (primary N) is 1. The lowest BCUT2D eigenvalue weighted by Gasteiger charge is -2.10. The third kappa shape index (κ3) is 4.81. The highest BCUT2D eigenvalue weighted by Gasteiger charge is 1.97. The number of nitrogens with one attached hydrogen (secondary N) is 1. The van der Waals surface area contributed by atoms with Gasteiger partial charge in [-0.2, -0.15) is 0 Å². The van der Waals surface area contributed by atoms with Gasteiger partial charge in [0.25, 0.3) is 0 Å². The van der Waals surface area contributed by atoms with E-state index in [0.717, 1.165) is 12.3 Å². The van der Waals surface area contributed by atoms with Crippen molar-refractivity contribution in [2.45, 2.75) is 26.4 Å². The molecule has 3 heteroatoms.